The van der Waals surface area contributed by atoms with Gasteiger partial charge in [0.15, 0.2) is 0 Å². The number of pyridine rings is 1. The molecule has 1 rings (SSSR count). The largest absolute Gasteiger partial charge is 0.327 e. The molecule has 0 spiro atoms. The minimum atomic E-state index is 0.165. The van der Waals surface area contributed by atoms with Gasteiger partial charge in [-0.05, 0) is 25.5 Å². The Hall–Kier alpha value is -0.890. The molecule has 2 unspecified atom stereocenters. The van der Waals surface area contributed by atoms with E-state index in [4.69, 9.17) is 5.73 Å². The van der Waals surface area contributed by atoms with Crippen LogP contribution in [0, 0.1) is 6.92 Å². The van der Waals surface area contributed by atoms with Crippen LogP contribution in [-0.4, -0.2) is 11.0 Å². The van der Waals surface area contributed by atoms with Crippen molar-refractivity contribution in [3.8, 4) is 0 Å². The third-order valence-electron chi connectivity index (χ3n) is 2.27. The van der Waals surface area contributed by atoms with Crippen molar-refractivity contribution in [3.63, 3.8) is 0 Å². The van der Waals surface area contributed by atoms with Crippen molar-refractivity contribution in [3.05, 3.63) is 29.6 Å². The summed E-state index contributed by atoms with van der Waals surface area (Å²) in [7, 11) is 0. The Bertz CT molecular complexity index is 256. The maximum atomic E-state index is 5.80. The molecule has 1 heterocycles. The summed E-state index contributed by atoms with van der Waals surface area (Å²) in [6, 6.07) is 4.19. The molecular weight excluding hydrogens is 148 g/mol. The van der Waals surface area contributed by atoms with E-state index >= 15 is 0 Å². The molecule has 0 fully saturated rings. The minimum Gasteiger partial charge on any atom is -0.327 e. The minimum absolute atomic E-state index is 0.165. The van der Waals surface area contributed by atoms with Crippen LogP contribution in [-0.2, 0) is 0 Å². The summed E-state index contributed by atoms with van der Waals surface area (Å²) in [5.41, 5.74) is 8.14. The van der Waals surface area contributed by atoms with Crippen LogP contribution in [0.1, 0.15) is 31.0 Å². The summed E-state index contributed by atoms with van der Waals surface area (Å²) in [6.07, 6.45) is 1.82. The highest BCUT2D eigenvalue weighted by Crippen LogP contribution is 2.18. The average Bonchev–Trinajstić information content (AvgIpc) is 2.04. The molecule has 2 atom stereocenters. The Kier molecular flexibility index (Phi) is 2.82. The SMILES string of the molecule is Cc1cccnc1C(C)C(C)N. The van der Waals surface area contributed by atoms with Crippen LogP contribution in [0.25, 0.3) is 0 Å². The molecule has 0 aliphatic carbocycles. The van der Waals surface area contributed by atoms with Crippen molar-refractivity contribution in [1.82, 2.24) is 4.98 Å². The summed E-state index contributed by atoms with van der Waals surface area (Å²) in [5, 5.41) is 0. The van der Waals surface area contributed by atoms with Crippen molar-refractivity contribution >= 4 is 0 Å². The predicted octanol–water partition coefficient (Wildman–Crippen LogP) is 1.84. The molecule has 0 aliphatic heterocycles. The van der Waals surface area contributed by atoms with Gasteiger partial charge in [0.25, 0.3) is 0 Å². The van der Waals surface area contributed by atoms with Gasteiger partial charge in [-0.2, -0.15) is 0 Å². The fourth-order valence-electron chi connectivity index (χ4n) is 1.22. The van der Waals surface area contributed by atoms with Gasteiger partial charge in [0.1, 0.15) is 0 Å². The van der Waals surface area contributed by atoms with Crippen molar-refractivity contribution in [2.45, 2.75) is 32.7 Å². The average molecular weight is 164 g/mol. The highest BCUT2D eigenvalue weighted by atomic mass is 14.7. The van der Waals surface area contributed by atoms with Crippen LogP contribution in [0.15, 0.2) is 18.3 Å². The summed E-state index contributed by atoms with van der Waals surface area (Å²) < 4.78 is 0. The van der Waals surface area contributed by atoms with E-state index in [1.807, 2.05) is 19.2 Å². The molecule has 0 saturated carbocycles. The van der Waals surface area contributed by atoms with E-state index in [2.05, 4.69) is 24.9 Å². The Labute approximate surface area is 73.8 Å². The van der Waals surface area contributed by atoms with Gasteiger partial charge in [0.2, 0.25) is 0 Å². The zero-order chi connectivity index (χ0) is 9.14. The van der Waals surface area contributed by atoms with E-state index in [0.29, 0.717) is 5.92 Å². The first-order chi connectivity index (χ1) is 5.63. The second-order valence-electron chi connectivity index (χ2n) is 3.35. The van der Waals surface area contributed by atoms with Crippen LogP contribution >= 0.6 is 0 Å². The molecule has 2 heteroatoms. The number of aromatic nitrogens is 1. The first-order valence-corrected chi connectivity index (χ1v) is 4.30. The van der Waals surface area contributed by atoms with Crippen LogP contribution < -0.4 is 5.73 Å². The van der Waals surface area contributed by atoms with Crippen LogP contribution in [0.5, 0.6) is 0 Å². The summed E-state index contributed by atoms with van der Waals surface area (Å²) in [5.74, 6) is 0.339. The number of rotatable bonds is 2. The monoisotopic (exact) mass is 164 g/mol. The van der Waals surface area contributed by atoms with Crippen LogP contribution in [0.4, 0.5) is 0 Å². The van der Waals surface area contributed by atoms with E-state index in [1.54, 1.807) is 0 Å². The highest BCUT2D eigenvalue weighted by Gasteiger charge is 2.12. The van der Waals surface area contributed by atoms with E-state index < -0.39 is 0 Å². The fraction of sp³-hybridized carbons (Fsp3) is 0.500. The predicted molar refractivity (Wildman–Crippen MR) is 51.0 cm³/mol. The Morgan fingerprint density at radius 3 is 2.58 bits per heavy atom. The third-order valence-corrected chi connectivity index (χ3v) is 2.27. The molecule has 0 radical (unpaired) electrons. The quantitative estimate of drug-likeness (QED) is 0.724. The Morgan fingerprint density at radius 2 is 2.08 bits per heavy atom. The molecular formula is C10H16N2. The smallest absolute Gasteiger partial charge is 0.0476 e. The van der Waals surface area contributed by atoms with E-state index in [9.17, 15) is 0 Å². The zero-order valence-electron chi connectivity index (χ0n) is 7.91. The van der Waals surface area contributed by atoms with E-state index in [1.165, 1.54) is 5.56 Å². The molecule has 2 nitrogen and oxygen atoms in total. The van der Waals surface area contributed by atoms with Crippen molar-refractivity contribution in [2.75, 3.05) is 0 Å². The molecule has 0 saturated heterocycles. The lowest BCUT2D eigenvalue weighted by atomic mass is 9.97. The topological polar surface area (TPSA) is 38.9 Å². The maximum Gasteiger partial charge on any atom is 0.0476 e. The van der Waals surface area contributed by atoms with Crippen molar-refractivity contribution < 1.29 is 0 Å². The lowest BCUT2D eigenvalue weighted by Crippen LogP contribution is -2.23. The van der Waals surface area contributed by atoms with Gasteiger partial charge in [0.05, 0.1) is 0 Å². The highest BCUT2D eigenvalue weighted by molar-refractivity contribution is 5.21. The van der Waals surface area contributed by atoms with E-state index in [0.717, 1.165) is 5.69 Å². The Morgan fingerprint density at radius 1 is 1.42 bits per heavy atom. The number of nitrogens with zero attached hydrogens (tertiary/aromatic N) is 1. The number of nitrogens with two attached hydrogens (primary N) is 1. The van der Waals surface area contributed by atoms with Gasteiger partial charge in [-0.3, -0.25) is 4.98 Å². The molecule has 66 valence electrons. The number of hydrogen-bond donors (Lipinski definition) is 1. The third kappa shape index (κ3) is 1.83. The molecule has 1 aromatic heterocycles. The summed E-state index contributed by atoms with van der Waals surface area (Å²) in [6.45, 7) is 6.19. The number of aryl methyl sites for hydroxylation is 1. The molecule has 0 aliphatic rings. The standard InChI is InChI=1S/C10H16N2/c1-7-5-4-6-12-10(7)8(2)9(3)11/h4-6,8-9H,11H2,1-3H3. The zero-order valence-corrected chi connectivity index (χ0v) is 7.91. The van der Waals surface area contributed by atoms with Crippen LogP contribution in [0.3, 0.4) is 0 Å². The molecule has 0 aromatic carbocycles. The number of hydrogen-bond acceptors (Lipinski definition) is 2. The fourth-order valence-corrected chi connectivity index (χ4v) is 1.22. The molecule has 2 N–H and O–H groups in total. The van der Waals surface area contributed by atoms with Gasteiger partial charge < -0.3 is 5.73 Å². The molecule has 0 amide bonds. The maximum absolute atomic E-state index is 5.80. The second-order valence-corrected chi connectivity index (χ2v) is 3.35. The second kappa shape index (κ2) is 3.68. The first kappa shape index (κ1) is 9.20. The molecule has 12 heavy (non-hydrogen) atoms. The van der Waals surface area contributed by atoms with Gasteiger partial charge in [-0.15, -0.1) is 0 Å². The summed E-state index contributed by atoms with van der Waals surface area (Å²) >= 11 is 0. The normalized spacial score (nSPS) is 15.7. The van der Waals surface area contributed by atoms with Gasteiger partial charge in [-0.25, -0.2) is 0 Å². The first-order valence-electron chi connectivity index (χ1n) is 4.30. The van der Waals surface area contributed by atoms with Gasteiger partial charge in [-0.1, -0.05) is 13.0 Å². The lowest BCUT2D eigenvalue weighted by molar-refractivity contribution is 0.595. The van der Waals surface area contributed by atoms with Gasteiger partial charge >= 0.3 is 0 Å². The Balaban J connectivity index is 2.94. The molecule has 1 aromatic rings. The van der Waals surface area contributed by atoms with Gasteiger partial charge in [0, 0.05) is 23.9 Å². The van der Waals surface area contributed by atoms with Crippen LogP contribution in [0.2, 0.25) is 0 Å². The summed E-state index contributed by atoms with van der Waals surface area (Å²) in [4.78, 5) is 4.32. The lowest BCUT2D eigenvalue weighted by Gasteiger charge is -2.16. The van der Waals surface area contributed by atoms with E-state index in [-0.39, 0.29) is 6.04 Å². The van der Waals surface area contributed by atoms with Crippen molar-refractivity contribution in [2.24, 2.45) is 5.73 Å². The van der Waals surface area contributed by atoms with Crippen molar-refractivity contribution in [1.29, 1.82) is 0 Å². The molecule has 0 bridgehead atoms.